The smallest absolute Gasteiger partial charge is 0.298 e. The van der Waals surface area contributed by atoms with Crippen molar-refractivity contribution in [2.24, 2.45) is 0 Å². The molecule has 0 spiro atoms. The first-order chi connectivity index (χ1) is 18.3. The molecule has 4 aromatic rings. The van der Waals surface area contributed by atoms with Gasteiger partial charge in [0.1, 0.15) is 11.3 Å². The van der Waals surface area contributed by atoms with E-state index < -0.39 is 5.82 Å². The number of nitrogen functional groups attached to an aromatic ring is 1. The Balaban J connectivity index is 1.49. The van der Waals surface area contributed by atoms with E-state index in [2.05, 4.69) is 22.0 Å². The highest BCUT2D eigenvalue weighted by Gasteiger charge is 2.30. The summed E-state index contributed by atoms with van der Waals surface area (Å²) in [6, 6.07) is 15.0. The van der Waals surface area contributed by atoms with E-state index >= 15 is 0 Å². The summed E-state index contributed by atoms with van der Waals surface area (Å²) in [5, 5.41) is 6.93. The van der Waals surface area contributed by atoms with Crippen LogP contribution in [0.25, 0.3) is 22.2 Å². The fraction of sp³-hybridized carbons (Fsp3) is 0.250. The van der Waals surface area contributed by atoms with Gasteiger partial charge in [-0.3, -0.25) is 14.5 Å². The summed E-state index contributed by atoms with van der Waals surface area (Å²) in [5.41, 5.74) is 7.71. The van der Waals surface area contributed by atoms with Gasteiger partial charge in [-0.1, -0.05) is 18.1 Å². The van der Waals surface area contributed by atoms with Gasteiger partial charge in [-0.15, -0.1) is 0 Å². The van der Waals surface area contributed by atoms with Crippen molar-refractivity contribution in [2.75, 3.05) is 39.5 Å². The van der Waals surface area contributed by atoms with Crippen LogP contribution >= 0.6 is 0 Å². The van der Waals surface area contributed by atoms with Gasteiger partial charge in [-0.2, -0.15) is 5.10 Å². The van der Waals surface area contributed by atoms with Gasteiger partial charge in [0.15, 0.2) is 17.4 Å². The molecule has 1 saturated heterocycles. The van der Waals surface area contributed by atoms with E-state index in [1.54, 1.807) is 35.2 Å². The number of fused-ring (bicyclic) bond motifs is 1. The first-order valence-corrected chi connectivity index (χ1v) is 12.2. The first-order valence-electron chi connectivity index (χ1n) is 12.2. The largest absolute Gasteiger partial charge is 0.454 e. The molecule has 2 aromatic heterocycles. The second-order valence-corrected chi connectivity index (χ2v) is 9.39. The molecule has 2 aromatic carbocycles. The fourth-order valence-corrected chi connectivity index (χ4v) is 4.62. The van der Waals surface area contributed by atoms with Crippen LogP contribution < -0.4 is 16.0 Å². The zero-order chi connectivity index (χ0) is 26.8. The number of benzene rings is 2. The SMILES string of the molecule is CN(C)CC#CC(=O)N1CC[C@@H](n2c(-c3ccc(Oc4ccccc4F)cc3)cc3c(N)n[nH]c(=O)c32)C1. The zero-order valence-corrected chi connectivity index (χ0v) is 21.1. The summed E-state index contributed by atoms with van der Waals surface area (Å²) in [7, 11) is 3.78. The van der Waals surface area contributed by atoms with Crippen LogP contribution in [0.5, 0.6) is 11.5 Å². The number of hydrogen-bond acceptors (Lipinski definition) is 6. The molecule has 0 bridgehead atoms. The number of para-hydroxylation sites is 1. The maximum absolute atomic E-state index is 14.0. The second kappa shape index (κ2) is 10.4. The first kappa shape index (κ1) is 25.0. The molecule has 0 saturated carbocycles. The van der Waals surface area contributed by atoms with Crippen molar-refractivity contribution in [1.82, 2.24) is 24.6 Å². The number of H-pyrrole nitrogens is 1. The summed E-state index contributed by atoms with van der Waals surface area (Å²) in [6.07, 6.45) is 0.647. The number of nitrogens with one attached hydrogen (secondary N) is 1. The third kappa shape index (κ3) is 4.96. The van der Waals surface area contributed by atoms with Crippen molar-refractivity contribution < 1.29 is 13.9 Å². The van der Waals surface area contributed by atoms with Crippen molar-refractivity contribution in [3.63, 3.8) is 0 Å². The van der Waals surface area contributed by atoms with Crippen LogP contribution in [0.15, 0.2) is 59.4 Å². The number of halogens is 1. The average molecular weight is 515 g/mol. The topological polar surface area (TPSA) is 109 Å². The number of likely N-dealkylation sites (tertiary alicyclic amines) is 1. The molecule has 10 heteroatoms. The van der Waals surface area contributed by atoms with Crippen LogP contribution in [-0.2, 0) is 4.79 Å². The van der Waals surface area contributed by atoms with E-state index in [1.165, 1.54) is 6.07 Å². The number of carbonyl (C=O) groups excluding carboxylic acids is 1. The fourth-order valence-electron chi connectivity index (χ4n) is 4.62. The van der Waals surface area contributed by atoms with Gasteiger partial charge in [0.05, 0.1) is 12.6 Å². The lowest BCUT2D eigenvalue weighted by atomic mass is 10.1. The Kier molecular flexibility index (Phi) is 6.85. The Morgan fingerprint density at radius 1 is 1.24 bits per heavy atom. The summed E-state index contributed by atoms with van der Waals surface area (Å²) < 4.78 is 21.6. The van der Waals surface area contributed by atoms with Gasteiger partial charge in [-0.25, -0.2) is 9.49 Å². The quantitative estimate of drug-likeness (QED) is 0.396. The number of nitrogens with two attached hydrogens (primary N) is 1. The molecule has 1 aliphatic heterocycles. The predicted molar refractivity (Wildman–Crippen MR) is 143 cm³/mol. The van der Waals surface area contributed by atoms with Gasteiger partial charge in [0.2, 0.25) is 0 Å². The van der Waals surface area contributed by atoms with Crippen molar-refractivity contribution in [3.8, 4) is 34.6 Å². The van der Waals surface area contributed by atoms with Crippen molar-refractivity contribution in [2.45, 2.75) is 12.5 Å². The minimum absolute atomic E-state index is 0.129. The third-order valence-corrected chi connectivity index (χ3v) is 6.43. The maximum atomic E-state index is 14.0. The molecule has 0 radical (unpaired) electrons. The highest BCUT2D eigenvalue weighted by atomic mass is 19.1. The number of aromatic nitrogens is 3. The standard InChI is InChI=1S/C28H27FN6O3/c1-33(2)14-5-8-25(36)34-15-13-19(17-34)35-23(16-21-26(35)28(37)32-31-27(21)30)18-9-11-20(12-10-18)38-24-7-4-3-6-22(24)29/h3-4,6-7,9-12,16,19H,13-15,17H2,1-2H3,(H2,30,31)(H,32,37)/t19-/m1/s1. The number of aromatic amines is 1. The molecular formula is C28H27FN6O3. The Labute approximate surface area is 218 Å². The Hall–Kier alpha value is -4.62. The molecule has 0 unspecified atom stereocenters. The summed E-state index contributed by atoms with van der Waals surface area (Å²) in [4.78, 5) is 29.2. The van der Waals surface area contributed by atoms with Crippen molar-refractivity contribution in [1.29, 1.82) is 0 Å². The molecule has 38 heavy (non-hydrogen) atoms. The molecule has 1 amide bonds. The predicted octanol–water partition coefficient (Wildman–Crippen LogP) is 3.24. The Morgan fingerprint density at radius 3 is 2.74 bits per heavy atom. The molecule has 1 fully saturated rings. The molecule has 1 atom stereocenters. The van der Waals surface area contributed by atoms with Crippen LogP contribution in [0.2, 0.25) is 0 Å². The lowest BCUT2D eigenvalue weighted by Crippen LogP contribution is -2.28. The van der Waals surface area contributed by atoms with Crippen LogP contribution in [0.3, 0.4) is 0 Å². The lowest BCUT2D eigenvalue weighted by Gasteiger charge is -2.19. The third-order valence-electron chi connectivity index (χ3n) is 6.43. The monoisotopic (exact) mass is 514 g/mol. The molecule has 0 aliphatic carbocycles. The van der Waals surface area contributed by atoms with Gasteiger partial charge in [-0.05, 0) is 74.5 Å². The number of ether oxygens (including phenoxy) is 1. The molecule has 194 valence electrons. The highest BCUT2D eigenvalue weighted by molar-refractivity contribution is 5.95. The maximum Gasteiger partial charge on any atom is 0.298 e. The molecular weight excluding hydrogens is 487 g/mol. The van der Waals surface area contributed by atoms with Crippen LogP contribution in [0, 0.1) is 17.7 Å². The number of rotatable bonds is 5. The van der Waals surface area contributed by atoms with E-state index in [1.807, 2.05) is 41.8 Å². The Morgan fingerprint density at radius 2 is 2.00 bits per heavy atom. The summed E-state index contributed by atoms with van der Waals surface area (Å²) in [5.74, 6) is 5.70. The van der Waals surface area contributed by atoms with Gasteiger partial charge >= 0.3 is 0 Å². The molecule has 1 aliphatic rings. The normalized spacial score (nSPS) is 15.1. The number of carbonyl (C=O) groups is 1. The van der Waals surface area contributed by atoms with Gasteiger partial charge in [0.25, 0.3) is 11.5 Å². The van der Waals surface area contributed by atoms with E-state index in [0.717, 1.165) is 11.3 Å². The number of anilines is 1. The van der Waals surface area contributed by atoms with E-state index in [-0.39, 0.29) is 29.1 Å². The number of hydrogen-bond donors (Lipinski definition) is 2. The minimum Gasteiger partial charge on any atom is -0.454 e. The van der Waals surface area contributed by atoms with Crippen LogP contribution in [0.4, 0.5) is 10.2 Å². The van der Waals surface area contributed by atoms with Gasteiger partial charge in [0, 0.05) is 24.2 Å². The lowest BCUT2D eigenvalue weighted by molar-refractivity contribution is -0.124. The molecule has 9 nitrogen and oxygen atoms in total. The van der Waals surface area contributed by atoms with Crippen molar-refractivity contribution in [3.05, 3.63) is 70.8 Å². The number of nitrogens with zero attached hydrogens (tertiary/aromatic N) is 4. The highest BCUT2D eigenvalue weighted by Crippen LogP contribution is 2.36. The van der Waals surface area contributed by atoms with E-state index in [0.29, 0.717) is 42.7 Å². The van der Waals surface area contributed by atoms with Crippen LogP contribution in [-0.4, -0.2) is 64.2 Å². The van der Waals surface area contributed by atoms with E-state index in [9.17, 15) is 14.0 Å². The Bertz CT molecular complexity index is 1610. The molecule has 3 heterocycles. The van der Waals surface area contributed by atoms with Gasteiger partial charge < -0.3 is 19.9 Å². The zero-order valence-electron chi connectivity index (χ0n) is 21.1. The summed E-state index contributed by atoms with van der Waals surface area (Å²) >= 11 is 0. The van der Waals surface area contributed by atoms with E-state index in [4.69, 9.17) is 10.5 Å². The molecule has 5 rings (SSSR count). The minimum atomic E-state index is -0.453. The van der Waals surface area contributed by atoms with Crippen molar-refractivity contribution >= 4 is 22.6 Å². The van der Waals surface area contributed by atoms with Crippen LogP contribution in [0.1, 0.15) is 12.5 Å². The average Bonchev–Trinajstić information content (AvgIpc) is 3.54. The molecule has 3 N–H and O–H groups in total. The second-order valence-electron chi connectivity index (χ2n) is 9.39. The number of amides is 1. The summed E-state index contributed by atoms with van der Waals surface area (Å²) in [6.45, 7) is 1.42.